The molecular formula is C34H43ClN8O3. The van der Waals surface area contributed by atoms with Crippen LogP contribution in [0.15, 0.2) is 66.7 Å². The Hall–Kier alpha value is -4.45. The van der Waals surface area contributed by atoms with Crippen LogP contribution in [0, 0.1) is 12.3 Å². The Morgan fingerprint density at radius 2 is 1.74 bits per heavy atom. The van der Waals surface area contributed by atoms with Crippen molar-refractivity contribution in [2.45, 2.75) is 45.3 Å². The van der Waals surface area contributed by atoms with Gasteiger partial charge in [0, 0.05) is 41.6 Å². The third-order valence-electron chi connectivity index (χ3n) is 7.82. The van der Waals surface area contributed by atoms with E-state index in [1.165, 1.54) is 0 Å². The molecule has 0 spiro atoms. The zero-order valence-electron chi connectivity index (χ0n) is 26.1. The molecule has 12 heteroatoms. The summed E-state index contributed by atoms with van der Waals surface area (Å²) in [7, 11) is 0. The molecule has 0 radical (unpaired) electrons. The molecule has 244 valence electrons. The number of urea groups is 1. The van der Waals surface area contributed by atoms with Gasteiger partial charge in [0.1, 0.15) is 6.04 Å². The SMILES string of the molecule is Cc1cccc(Cl)c1CNc1cc(NC(=O)NCC(=O)NC(CCN)C(=O)NCc2ccccc2)ccc1C(=N)CN1CCCC1. The van der Waals surface area contributed by atoms with Crippen molar-refractivity contribution in [3.8, 4) is 0 Å². The lowest BCUT2D eigenvalue weighted by Gasteiger charge is -2.20. The van der Waals surface area contributed by atoms with Crippen molar-refractivity contribution >= 4 is 46.5 Å². The zero-order valence-corrected chi connectivity index (χ0v) is 26.9. The van der Waals surface area contributed by atoms with E-state index in [0.29, 0.717) is 41.7 Å². The number of nitrogens with zero attached hydrogens (tertiary/aromatic N) is 1. The molecule has 1 fully saturated rings. The molecule has 0 bridgehead atoms. The summed E-state index contributed by atoms with van der Waals surface area (Å²) in [6.45, 7) is 5.11. The van der Waals surface area contributed by atoms with E-state index in [2.05, 4.69) is 31.5 Å². The largest absolute Gasteiger partial charge is 0.380 e. The molecule has 1 heterocycles. The molecule has 3 aromatic rings. The van der Waals surface area contributed by atoms with Gasteiger partial charge in [-0.2, -0.15) is 0 Å². The minimum absolute atomic E-state index is 0.204. The van der Waals surface area contributed by atoms with Crippen LogP contribution in [-0.2, 0) is 22.7 Å². The van der Waals surface area contributed by atoms with Crippen molar-refractivity contribution in [3.05, 3.63) is 94.0 Å². The molecule has 1 unspecified atom stereocenters. The first-order valence-electron chi connectivity index (χ1n) is 15.5. The third kappa shape index (κ3) is 10.3. The number of rotatable bonds is 15. The smallest absolute Gasteiger partial charge is 0.319 e. The van der Waals surface area contributed by atoms with Gasteiger partial charge in [-0.1, -0.05) is 54.1 Å². The molecule has 1 aliphatic heterocycles. The second kappa shape index (κ2) is 17.3. The minimum atomic E-state index is -0.829. The number of carbonyl (C=O) groups is 3. The maximum absolute atomic E-state index is 12.8. The summed E-state index contributed by atoms with van der Waals surface area (Å²) in [4.78, 5) is 40.4. The normalized spacial score (nSPS) is 13.5. The zero-order chi connectivity index (χ0) is 32.9. The highest BCUT2D eigenvalue weighted by Crippen LogP contribution is 2.26. The number of hydrogen-bond donors (Lipinski definition) is 7. The number of nitrogens with two attached hydrogens (primary N) is 1. The molecule has 1 atom stereocenters. The summed E-state index contributed by atoms with van der Waals surface area (Å²) in [5, 5.41) is 23.7. The molecule has 1 saturated heterocycles. The summed E-state index contributed by atoms with van der Waals surface area (Å²) in [5.74, 6) is -0.874. The van der Waals surface area contributed by atoms with E-state index >= 15 is 0 Å². The highest BCUT2D eigenvalue weighted by Gasteiger charge is 2.21. The number of likely N-dealkylation sites (tertiary alicyclic amines) is 1. The maximum atomic E-state index is 12.8. The van der Waals surface area contributed by atoms with Crippen LogP contribution in [-0.4, -0.2) is 67.2 Å². The fourth-order valence-corrected chi connectivity index (χ4v) is 5.57. The Kier molecular flexibility index (Phi) is 12.9. The topological polar surface area (TPSA) is 164 Å². The first kappa shape index (κ1) is 34.4. The molecule has 4 amide bonds. The monoisotopic (exact) mass is 646 g/mol. The van der Waals surface area contributed by atoms with Gasteiger partial charge in [-0.25, -0.2) is 4.79 Å². The van der Waals surface area contributed by atoms with Gasteiger partial charge in [-0.3, -0.25) is 14.5 Å². The van der Waals surface area contributed by atoms with Crippen LogP contribution in [0.1, 0.15) is 41.5 Å². The van der Waals surface area contributed by atoms with Crippen molar-refractivity contribution in [2.24, 2.45) is 5.73 Å². The fraction of sp³-hybridized carbons (Fsp3) is 0.353. The van der Waals surface area contributed by atoms with Gasteiger partial charge in [0.15, 0.2) is 0 Å². The molecule has 3 aromatic carbocycles. The summed E-state index contributed by atoms with van der Waals surface area (Å²) in [6.07, 6.45) is 2.52. The summed E-state index contributed by atoms with van der Waals surface area (Å²) >= 11 is 6.46. The predicted molar refractivity (Wildman–Crippen MR) is 183 cm³/mol. The molecule has 46 heavy (non-hydrogen) atoms. The van der Waals surface area contributed by atoms with Gasteiger partial charge in [-0.15, -0.1) is 0 Å². The van der Waals surface area contributed by atoms with Crippen LogP contribution >= 0.6 is 11.6 Å². The van der Waals surface area contributed by atoms with Crippen LogP contribution in [0.3, 0.4) is 0 Å². The average molecular weight is 647 g/mol. The Morgan fingerprint density at radius 1 is 0.978 bits per heavy atom. The Bertz CT molecular complexity index is 1490. The van der Waals surface area contributed by atoms with Gasteiger partial charge in [0.05, 0.1) is 12.3 Å². The number of aryl methyl sites for hydroxylation is 1. The van der Waals surface area contributed by atoms with E-state index in [4.69, 9.17) is 22.7 Å². The van der Waals surface area contributed by atoms with Crippen LogP contribution in [0.4, 0.5) is 16.2 Å². The van der Waals surface area contributed by atoms with Gasteiger partial charge >= 0.3 is 6.03 Å². The van der Waals surface area contributed by atoms with Gasteiger partial charge in [-0.05, 0) is 86.8 Å². The lowest BCUT2D eigenvalue weighted by molar-refractivity contribution is -0.128. The number of nitrogens with one attached hydrogen (secondary N) is 6. The number of halogens is 1. The van der Waals surface area contributed by atoms with Crippen LogP contribution in [0.25, 0.3) is 0 Å². The highest BCUT2D eigenvalue weighted by atomic mass is 35.5. The number of carbonyl (C=O) groups excluding carboxylic acids is 3. The lowest BCUT2D eigenvalue weighted by Crippen LogP contribution is -2.50. The Morgan fingerprint density at radius 3 is 2.46 bits per heavy atom. The second-order valence-electron chi connectivity index (χ2n) is 11.3. The van der Waals surface area contributed by atoms with Gasteiger partial charge < -0.3 is 37.7 Å². The van der Waals surface area contributed by atoms with Gasteiger partial charge in [0.25, 0.3) is 0 Å². The summed E-state index contributed by atoms with van der Waals surface area (Å²) in [6, 6.07) is 19.1. The van der Waals surface area contributed by atoms with Gasteiger partial charge in [0.2, 0.25) is 11.8 Å². The molecule has 4 rings (SSSR count). The molecule has 11 nitrogen and oxygen atoms in total. The Balaban J connectivity index is 1.35. The van der Waals surface area contributed by atoms with E-state index in [9.17, 15) is 14.4 Å². The summed E-state index contributed by atoms with van der Waals surface area (Å²) < 4.78 is 0. The van der Waals surface area contributed by atoms with Crippen molar-refractivity contribution in [2.75, 3.05) is 43.4 Å². The van der Waals surface area contributed by atoms with E-state index in [-0.39, 0.29) is 25.4 Å². The second-order valence-corrected chi connectivity index (χ2v) is 11.7. The van der Waals surface area contributed by atoms with Crippen molar-refractivity contribution in [1.82, 2.24) is 20.9 Å². The quantitative estimate of drug-likeness (QED) is 0.123. The average Bonchev–Trinajstić information content (AvgIpc) is 3.56. The first-order valence-corrected chi connectivity index (χ1v) is 15.9. The lowest BCUT2D eigenvalue weighted by atomic mass is 10.0. The highest BCUT2D eigenvalue weighted by molar-refractivity contribution is 6.31. The molecule has 1 aliphatic rings. The Labute approximate surface area is 275 Å². The number of anilines is 2. The molecule has 0 aromatic heterocycles. The first-order chi connectivity index (χ1) is 22.2. The number of hydrogen-bond acceptors (Lipinski definition) is 7. The van der Waals surface area contributed by atoms with Crippen molar-refractivity contribution in [3.63, 3.8) is 0 Å². The molecular weight excluding hydrogens is 604 g/mol. The maximum Gasteiger partial charge on any atom is 0.319 e. The van der Waals surface area contributed by atoms with E-state index in [0.717, 1.165) is 48.2 Å². The van der Waals surface area contributed by atoms with E-state index in [1.54, 1.807) is 12.1 Å². The van der Waals surface area contributed by atoms with E-state index < -0.39 is 18.0 Å². The predicted octanol–water partition coefficient (Wildman–Crippen LogP) is 4.00. The fourth-order valence-electron chi connectivity index (χ4n) is 5.28. The van der Waals surface area contributed by atoms with Crippen LogP contribution in [0.5, 0.6) is 0 Å². The van der Waals surface area contributed by atoms with Crippen molar-refractivity contribution in [1.29, 1.82) is 5.41 Å². The summed E-state index contributed by atoms with van der Waals surface area (Å²) in [5.41, 5.74) is 11.0. The standard InChI is InChI=1S/C34H43ClN8O3/c1-23-8-7-11-28(35)27(23)20-38-31-18-25(12-13-26(31)29(37)22-43-16-5-6-17-43)41-34(46)40-21-32(44)42-30(14-15-36)33(45)39-19-24-9-3-2-4-10-24/h2-4,7-13,18,30,37-38H,5-6,14-17,19-22,36H2,1H3,(H,39,45)(H,42,44)(H2,40,41,46). The third-order valence-corrected chi connectivity index (χ3v) is 8.17. The number of benzene rings is 3. The minimum Gasteiger partial charge on any atom is -0.380 e. The van der Waals surface area contributed by atoms with E-state index in [1.807, 2.05) is 61.5 Å². The van der Waals surface area contributed by atoms with Crippen molar-refractivity contribution < 1.29 is 14.4 Å². The molecule has 0 saturated carbocycles. The van der Waals surface area contributed by atoms with Crippen LogP contribution < -0.4 is 32.3 Å². The molecule has 8 N–H and O–H groups in total. The molecule has 0 aliphatic carbocycles. The number of amides is 4. The van der Waals surface area contributed by atoms with Crippen LogP contribution in [0.2, 0.25) is 5.02 Å².